The number of carbonyl (C=O) groups excluding carboxylic acids is 2. The van der Waals surface area contributed by atoms with E-state index < -0.39 is 11.9 Å². The summed E-state index contributed by atoms with van der Waals surface area (Å²) in [5.74, 6) is 0.937. The molecule has 0 fully saturated rings. The number of ether oxygens (including phenoxy) is 4. The van der Waals surface area contributed by atoms with Gasteiger partial charge in [0.2, 0.25) is 12.7 Å². The first-order chi connectivity index (χ1) is 15.5. The molecule has 0 atom stereocenters. The Labute approximate surface area is 182 Å². The number of benzene rings is 3. The summed E-state index contributed by atoms with van der Waals surface area (Å²) in [5, 5.41) is 0. The van der Waals surface area contributed by atoms with E-state index in [1.54, 1.807) is 12.1 Å². The summed E-state index contributed by atoms with van der Waals surface area (Å²) in [6.45, 7) is 2.75. The Bertz CT molecular complexity index is 1370. The summed E-state index contributed by atoms with van der Waals surface area (Å²) >= 11 is 0. The molecule has 0 aliphatic carbocycles. The molecule has 160 valence electrons. The molecule has 8 heteroatoms. The standard InChI is InChI=1S/C24H17NO7/c1-13(26)30-20-8-5-17(11-23(20)31-14(2)27)24-25-18-6-3-15(9-21(18)32-24)16-4-7-19-22(10-16)29-12-28-19/h3-11H,12H2,1-2H3. The SMILES string of the molecule is CC(=O)Oc1ccc(-c2nc3ccc(-c4ccc5c(c4)OCO5)cc3o2)cc1OC(C)=O. The van der Waals surface area contributed by atoms with Gasteiger partial charge in [-0.05, 0) is 53.6 Å². The third-order valence-corrected chi connectivity index (χ3v) is 4.79. The van der Waals surface area contributed by atoms with E-state index in [1.807, 2.05) is 36.4 Å². The van der Waals surface area contributed by atoms with E-state index in [0.717, 1.165) is 16.9 Å². The van der Waals surface area contributed by atoms with E-state index in [0.29, 0.717) is 28.3 Å². The molecule has 1 aliphatic heterocycles. The van der Waals surface area contributed by atoms with E-state index in [-0.39, 0.29) is 18.3 Å². The number of nitrogens with zero attached hydrogens (tertiary/aromatic N) is 1. The van der Waals surface area contributed by atoms with Gasteiger partial charge in [0.15, 0.2) is 28.6 Å². The van der Waals surface area contributed by atoms with Crippen molar-refractivity contribution in [1.82, 2.24) is 4.98 Å². The maximum Gasteiger partial charge on any atom is 0.308 e. The van der Waals surface area contributed by atoms with Crippen molar-refractivity contribution < 1.29 is 33.0 Å². The van der Waals surface area contributed by atoms with Gasteiger partial charge in [0, 0.05) is 19.4 Å². The van der Waals surface area contributed by atoms with Crippen molar-refractivity contribution in [2.24, 2.45) is 0 Å². The Morgan fingerprint density at radius 3 is 2.28 bits per heavy atom. The number of oxazole rings is 1. The highest BCUT2D eigenvalue weighted by atomic mass is 16.7. The molecule has 2 heterocycles. The normalized spacial score (nSPS) is 12.1. The monoisotopic (exact) mass is 431 g/mol. The molecule has 3 aromatic carbocycles. The Balaban J connectivity index is 1.51. The van der Waals surface area contributed by atoms with Gasteiger partial charge in [0.1, 0.15) is 5.52 Å². The Morgan fingerprint density at radius 1 is 0.781 bits per heavy atom. The predicted octanol–water partition coefficient (Wildman–Crippen LogP) is 4.74. The van der Waals surface area contributed by atoms with Crippen molar-refractivity contribution in [2.45, 2.75) is 13.8 Å². The lowest BCUT2D eigenvalue weighted by atomic mass is 10.0. The lowest BCUT2D eigenvalue weighted by Gasteiger charge is -2.09. The zero-order chi connectivity index (χ0) is 22.2. The summed E-state index contributed by atoms with van der Waals surface area (Å²) in [7, 11) is 0. The first-order valence-corrected chi connectivity index (χ1v) is 9.78. The van der Waals surface area contributed by atoms with Crippen LogP contribution in [0.4, 0.5) is 0 Å². The van der Waals surface area contributed by atoms with Crippen molar-refractivity contribution in [2.75, 3.05) is 6.79 Å². The second-order valence-corrected chi connectivity index (χ2v) is 7.12. The van der Waals surface area contributed by atoms with Crippen LogP contribution in [0, 0.1) is 0 Å². The summed E-state index contributed by atoms with van der Waals surface area (Å²) < 4.78 is 27.1. The molecule has 0 spiro atoms. The van der Waals surface area contributed by atoms with E-state index in [2.05, 4.69) is 4.98 Å². The maximum atomic E-state index is 11.5. The minimum Gasteiger partial charge on any atom is -0.454 e. The van der Waals surface area contributed by atoms with Crippen LogP contribution in [-0.4, -0.2) is 23.7 Å². The number of aromatic nitrogens is 1. The Hall–Kier alpha value is -4.33. The molecule has 5 rings (SSSR count). The van der Waals surface area contributed by atoms with Crippen molar-refractivity contribution in [3.8, 4) is 45.6 Å². The third-order valence-electron chi connectivity index (χ3n) is 4.79. The molecule has 8 nitrogen and oxygen atoms in total. The minimum atomic E-state index is -0.540. The summed E-state index contributed by atoms with van der Waals surface area (Å²) in [4.78, 5) is 27.3. The molecule has 0 bridgehead atoms. The topological polar surface area (TPSA) is 97.1 Å². The molecule has 0 unspecified atom stereocenters. The first kappa shape index (κ1) is 19.6. The second-order valence-electron chi connectivity index (χ2n) is 7.12. The number of esters is 2. The van der Waals surface area contributed by atoms with Crippen molar-refractivity contribution in [3.05, 3.63) is 54.6 Å². The largest absolute Gasteiger partial charge is 0.454 e. The lowest BCUT2D eigenvalue weighted by Crippen LogP contribution is -2.07. The van der Waals surface area contributed by atoms with Gasteiger partial charge in [0.25, 0.3) is 0 Å². The van der Waals surface area contributed by atoms with Crippen molar-refractivity contribution in [1.29, 1.82) is 0 Å². The quantitative estimate of drug-likeness (QED) is 0.338. The number of rotatable bonds is 4. The van der Waals surface area contributed by atoms with Gasteiger partial charge in [-0.15, -0.1) is 0 Å². The van der Waals surface area contributed by atoms with Crippen LogP contribution in [0.1, 0.15) is 13.8 Å². The van der Waals surface area contributed by atoms with Gasteiger partial charge in [-0.2, -0.15) is 0 Å². The fourth-order valence-corrected chi connectivity index (χ4v) is 3.42. The van der Waals surface area contributed by atoms with Gasteiger partial charge in [-0.25, -0.2) is 4.98 Å². The number of hydrogen-bond acceptors (Lipinski definition) is 8. The third kappa shape index (κ3) is 3.74. The molecular weight excluding hydrogens is 414 g/mol. The highest BCUT2D eigenvalue weighted by Gasteiger charge is 2.17. The zero-order valence-corrected chi connectivity index (χ0v) is 17.2. The van der Waals surface area contributed by atoms with Gasteiger partial charge in [-0.3, -0.25) is 9.59 Å². The molecule has 4 aromatic rings. The van der Waals surface area contributed by atoms with E-state index >= 15 is 0 Å². The molecule has 1 aromatic heterocycles. The minimum absolute atomic E-state index is 0.105. The molecule has 1 aliphatic rings. The predicted molar refractivity (Wildman–Crippen MR) is 114 cm³/mol. The summed E-state index contributed by atoms with van der Waals surface area (Å²) in [5.41, 5.74) is 3.72. The van der Waals surface area contributed by atoms with Crippen LogP contribution < -0.4 is 18.9 Å². The van der Waals surface area contributed by atoms with Crippen molar-refractivity contribution in [3.63, 3.8) is 0 Å². The Kier molecular flexibility index (Phi) is 4.74. The average Bonchev–Trinajstić information content (AvgIpc) is 3.39. The first-order valence-electron chi connectivity index (χ1n) is 9.78. The molecule has 0 saturated carbocycles. The number of fused-ring (bicyclic) bond motifs is 2. The molecule has 0 saturated heterocycles. The van der Waals surface area contributed by atoms with Gasteiger partial charge < -0.3 is 23.4 Å². The maximum absolute atomic E-state index is 11.5. The van der Waals surface area contributed by atoms with E-state index in [9.17, 15) is 9.59 Å². The lowest BCUT2D eigenvalue weighted by molar-refractivity contribution is -0.134. The smallest absolute Gasteiger partial charge is 0.308 e. The van der Waals surface area contributed by atoms with Gasteiger partial charge in [-0.1, -0.05) is 12.1 Å². The molecule has 0 N–H and O–H groups in total. The van der Waals surface area contributed by atoms with Crippen LogP contribution in [0.5, 0.6) is 23.0 Å². The number of hydrogen-bond donors (Lipinski definition) is 0. The zero-order valence-electron chi connectivity index (χ0n) is 17.2. The van der Waals surface area contributed by atoms with Crippen LogP contribution >= 0.6 is 0 Å². The van der Waals surface area contributed by atoms with E-state index in [1.165, 1.54) is 19.9 Å². The van der Waals surface area contributed by atoms with Crippen LogP contribution in [0.3, 0.4) is 0 Å². The van der Waals surface area contributed by atoms with Crippen molar-refractivity contribution >= 4 is 23.0 Å². The second kappa shape index (κ2) is 7.73. The average molecular weight is 431 g/mol. The fraction of sp³-hybridized carbons (Fsp3) is 0.125. The van der Waals surface area contributed by atoms with Gasteiger partial charge in [0.05, 0.1) is 0 Å². The molecule has 0 radical (unpaired) electrons. The Morgan fingerprint density at radius 2 is 1.47 bits per heavy atom. The van der Waals surface area contributed by atoms with Gasteiger partial charge >= 0.3 is 11.9 Å². The molecule has 32 heavy (non-hydrogen) atoms. The van der Waals surface area contributed by atoms with E-state index in [4.69, 9.17) is 23.4 Å². The van der Waals surface area contributed by atoms with Crippen LogP contribution in [0.15, 0.2) is 59.0 Å². The highest BCUT2D eigenvalue weighted by Crippen LogP contribution is 2.38. The van der Waals surface area contributed by atoms with Crippen LogP contribution in [0.25, 0.3) is 33.7 Å². The number of carbonyl (C=O) groups is 2. The summed E-state index contributed by atoms with van der Waals surface area (Å²) in [6, 6.07) is 16.2. The fourth-order valence-electron chi connectivity index (χ4n) is 3.42. The summed E-state index contributed by atoms with van der Waals surface area (Å²) in [6.07, 6.45) is 0. The molecular formula is C24H17NO7. The molecule has 0 amide bonds. The van der Waals surface area contributed by atoms with Crippen LogP contribution in [-0.2, 0) is 9.59 Å². The highest BCUT2D eigenvalue weighted by molar-refractivity contribution is 5.83. The van der Waals surface area contributed by atoms with Crippen LogP contribution in [0.2, 0.25) is 0 Å².